The Kier molecular flexibility index (Phi) is 3.65. The normalized spacial score (nSPS) is 10.8. The average Bonchev–Trinajstić information content (AvgIpc) is 2.15. The molecule has 88 valence electrons. The van der Waals surface area contributed by atoms with E-state index in [0.717, 1.165) is 0 Å². The smallest absolute Gasteiger partial charge is 0.413 e. The number of nitrogens with one attached hydrogen (secondary N) is 1. The maximum Gasteiger partial charge on any atom is 0.413 e. The van der Waals surface area contributed by atoms with Crippen LogP contribution in [0.25, 0.3) is 0 Å². The molecule has 6 heteroatoms. The van der Waals surface area contributed by atoms with Gasteiger partial charge in [0.25, 0.3) is 0 Å². The Morgan fingerprint density at radius 1 is 1.38 bits per heavy atom. The number of aromatic nitrogens is 2. The van der Waals surface area contributed by atoms with Crippen molar-refractivity contribution in [3.05, 3.63) is 12.4 Å². The zero-order chi connectivity index (χ0) is 12.2. The molecule has 1 rings (SSSR count). The molecule has 1 N–H and O–H groups in total. The molecule has 1 aromatic heterocycles. The summed E-state index contributed by atoms with van der Waals surface area (Å²) < 4.78 is 9.93. The molecular formula is C10H15N3O3. The third kappa shape index (κ3) is 4.12. The first-order chi connectivity index (χ1) is 7.40. The van der Waals surface area contributed by atoms with Crippen molar-refractivity contribution < 1.29 is 14.3 Å². The highest BCUT2D eigenvalue weighted by Crippen LogP contribution is 2.11. The zero-order valence-corrected chi connectivity index (χ0v) is 9.77. The molecule has 0 radical (unpaired) electrons. The average molecular weight is 225 g/mol. The lowest BCUT2D eigenvalue weighted by Crippen LogP contribution is -2.27. The lowest BCUT2D eigenvalue weighted by molar-refractivity contribution is 0.0635. The van der Waals surface area contributed by atoms with Crippen molar-refractivity contribution in [1.29, 1.82) is 0 Å². The Morgan fingerprint density at radius 3 is 2.62 bits per heavy atom. The molecule has 1 heterocycles. The van der Waals surface area contributed by atoms with Gasteiger partial charge in [-0.05, 0) is 20.8 Å². The van der Waals surface area contributed by atoms with Crippen LogP contribution in [0.15, 0.2) is 12.4 Å². The number of methoxy groups -OCH3 is 1. The van der Waals surface area contributed by atoms with Crippen molar-refractivity contribution in [2.24, 2.45) is 0 Å². The fourth-order valence-electron chi connectivity index (χ4n) is 0.915. The Bertz CT molecular complexity index is 374. The van der Waals surface area contributed by atoms with Gasteiger partial charge in [-0.25, -0.2) is 4.79 Å². The number of hydrogen-bond acceptors (Lipinski definition) is 5. The standard InChI is InChI=1S/C10H15N3O3/c1-10(2,3)16-9(14)13-7-5-11-6-8(12-7)15-4/h5-6H,1-4H3,(H,12,13,14). The predicted molar refractivity (Wildman–Crippen MR) is 58.4 cm³/mol. The molecule has 16 heavy (non-hydrogen) atoms. The van der Waals surface area contributed by atoms with Crippen molar-refractivity contribution in [3.8, 4) is 5.88 Å². The second kappa shape index (κ2) is 4.78. The molecule has 1 amide bonds. The Hall–Kier alpha value is -1.85. The fourth-order valence-corrected chi connectivity index (χ4v) is 0.915. The summed E-state index contributed by atoms with van der Waals surface area (Å²) in [4.78, 5) is 19.2. The van der Waals surface area contributed by atoms with Gasteiger partial charge in [-0.1, -0.05) is 0 Å². The van der Waals surface area contributed by atoms with Gasteiger partial charge in [-0.15, -0.1) is 0 Å². The molecule has 0 saturated heterocycles. The van der Waals surface area contributed by atoms with Gasteiger partial charge in [0.15, 0.2) is 5.82 Å². The Morgan fingerprint density at radius 2 is 2.06 bits per heavy atom. The van der Waals surface area contributed by atoms with E-state index >= 15 is 0 Å². The number of nitrogens with zero attached hydrogens (tertiary/aromatic N) is 2. The van der Waals surface area contributed by atoms with E-state index in [1.807, 2.05) is 0 Å². The Labute approximate surface area is 94.0 Å². The maximum absolute atomic E-state index is 11.4. The summed E-state index contributed by atoms with van der Waals surface area (Å²) in [6, 6.07) is 0. The maximum atomic E-state index is 11.4. The van der Waals surface area contributed by atoms with E-state index in [1.54, 1.807) is 20.8 Å². The highest BCUT2D eigenvalue weighted by atomic mass is 16.6. The number of hydrogen-bond donors (Lipinski definition) is 1. The Balaban J connectivity index is 2.62. The van der Waals surface area contributed by atoms with Gasteiger partial charge in [0.1, 0.15) is 5.60 Å². The van der Waals surface area contributed by atoms with Gasteiger partial charge in [-0.3, -0.25) is 10.3 Å². The van der Waals surface area contributed by atoms with Crippen molar-refractivity contribution in [2.45, 2.75) is 26.4 Å². The summed E-state index contributed by atoms with van der Waals surface area (Å²) in [7, 11) is 1.47. The first-order valence-corrected chi connectivity index (χ1v) is 4.77. The third-order valence-electron chi connectivity index (χ3n) is 1.45. The topological polar surface area (TPSA) is 73.3 Å². The molecule has 0 unspecified atom stereocenters. The summed E-state index contributed by atoms with van der Waals surface area (Å²) in [6.07, 6.45) is 2.28. The minimum atomic E-state index is -0.574. The predicted octanol–water partition coefficient (Wildman–Crippen LogP) is 1.83. The van der Waals surface area contributed by atoms with Crippen LogP contribution in [0.4, 0.5) is 10.6 Å². The van der Waals surface area contributed by atoms with Gasteiger partial charge < -0.3 is 9.47 Å². The van der Waals surface area contributed by atoms with E-state index < -0.39 is 11.7 Å². The first-order valence-electron chi connectivity index (χ1n) is 4.77. The highest BCUT2D eigenvalue weighted by Gasteiger charge is 2.16. The molecule has 0 bridgehead atoms. The molecule has 0 spiro atoms. The molecule has 6 nitrogen and oxygen atoms in total. The van der Waals surface area contributed by atoms with Gasteiger partial charge in [0, 0.05) is 0 Å². The van der Waals surface area contributed by atoms with Crippen LogP contribution in [0, 0.1) is 0 Å². The number of carbonyl (C=O) groups is 1. The number of ether oxygens (including phenoxy) is 2. The highest BCUT2D eigenvalue weighted by molar-refractivity contribution is 5.83. The molecular weight excluding hydrogens is 210 g/mol. The van der Waals surface area contributed by atoms with Gasteiger partial charge in [0.05, 0.1) is 19.5 Å². The van der Waals surface area contributed by atoms with Crippen LogP contribution in [0.2, 0.25) is 0 Å². The van der Waals surface area contributed by atoms with E-state index in [4.69, 9.17) is 9.47 Å². The number of anilines is 1. The number of amides is 1. The number of rotatable bonds is 2. The zero-order valence-electron chi connectivity index (χ0n) is 9.77. The summed E-state index contributed by atoms with van der Waals surface area (Å²) in [5.74, 6) is 0.613. The van der Waals surface area contributed by atoms with E-state index in [2.05, 4.69) is 15.3 Å². The van der Waals surface area contributed by atoms with E-state index in [1.165, 1.54) is 19.5 Å². The SMILES string of the molecule is COc1cncc(NC(=O)OC(C)(C)C)n1. The largest absolute Gasteiger partial charge is 0.480 e. The molecule has 0 saturated carbocycles. The lowest BCUT2D eigenvalue weighted by atomic mass is 10.2. The lowest BCUT2D eigenvalue weighted by Gasteiger charge is -2.19. The van der Waals surface area contributed by atoms with Gasteiger partial charge in [-0.2, -0.15) is 4.98 Å². The molecule has 0 atom stereocenters. The van der Waals surface area contributed by atoms with E-state index in [-0.39, 0.29) is 5.82 Å². The van der Waals surface area contributed by atoms with E-state index in [9.17, 15) is 4.79 Å². The van der Waals surface area contributed by atoms with Crippen LogP contribution in [-0.2, 0) is 4.74 Å². The second-order valence-corrected chi connectivity index (χ2v) is 4.07. The van der Waals surface area contributed by atoms with Crippen LogP contribution in [-0.4, -0.2) is 28.8 Å². The van der Waals surface area contributed by atoms with Gasteiger partial charge in [0.2, 0.25) is 5.88 Å². The fraction of sp³-hybridized carbons (Fsp3) is 0.500. The first kappa shape index (κ1) is 12.2. The molecule has 0 fully saturated rings. The summed E-state index contributed by atoms with van der Waals surface area (Å²) in [5.41, 5.74) is -0.545. The van der Waals surface area contributed by atoms with Crippen LogP contribution in [0.3, 0.4) is 0 Å². The third-order valence-corrected chi connectivity index (χ3v) is 1.45. The van der Waals surface area contributed by atoms with Crippen molar-refractivity contribution >= 4 is 11.9 Å². The molecule has 0 aliphatic rings. The summed E-state index contributed by atoms with van der Waals surface area (Å²) >= 11 is 0. The van der Waals surface area contributed by atoms with Crippen LogP contribution >= 0.6 is 0 Å². The molecule has 0 aliphatic heterocycles. The van der Waals surface area contributed by atoms with Crippen LogP contribution < -0.4 is 10.1 Å². The summed E-state index contributed by atoms with van der Waals surface area (Å²) in [6.45, 7) is 5.34. The monoisotopic (exact) mass is 225 g/mol. The minimum Gasteiger partial charge on any atom is -0.480 e. The molecule has 0 aromatic carbocycles. The number of carbonyl (C=O) groups excluding carboxylic acids is 1. The second-order valence-electron chi connectivity index (χ2n) is 4.07. The summed E-state index contributed by atoms with van der Waals surface area (Å²) in [5, 5.41) is 2.46. The van der Waals surface area contributed by atoms with Crippen molar-refractivity contribution in [2.75, 3.05) is 12.4 Å². The van der Waals surface area contributed by atoms with Crippen molar-refractivity contribution in [3.63, 3.8) is 0 Å². The van der Waals surface area contributed by atoms with Crippen LogP contribution in [0.5, 0.6) is 5.88 Å². The van der Waals surface area contributed by atoms with Crippen molar-refractivity contribution in [1.82, 2.24) is 9.97 Å². The molecule has 1 aromatic rings. The quantitative estimate of drug-likeness (QED) is 0.831. The van der Waals surface area contributed by atoms with Gasteiger partial charge >= 0.3 is 6.09 Å². The minimum absolute atomic E-state index is 0.286. The van der Waals surface area contributed by atoms with Crippen LogP contribution in [0.1, 0.15) is 20.8 Å². The van der Waals surface area contributed by atoms with E-state index in [0.29, 0.717) is 5.88 Å². The molecule has 0 aliphatic carbocycles.